The van der Waals surface area contributed by atoms with Crippen LogP contribution in [-0.4, -0.2) is 44.7 Å². The van der Waals surface area contributed by atoms with E-state index in [9.17, 15) is 19.7 Å². The van der Waals surface area contributed by atoms with Gasteiger partial charge in [0.25, 0.3) is 6.04 Å². The Balaban J connectivity index is 0. The van der Waals surface area contributed by atoms with Crippen molar-refractivity contribution in [3.8, 4) is 0 Å². The molecule has 0 N–H and O–H groups in total. The molecule has 0 saturated heterocycles. The first-order valence-corrected chi connectivity index (χ1v) is 18.7. The zero-order chi connectivity index (χ0) is 34.3. The van der Waals surface area contributed by atoms with E-state index >= 15 is 0 Å². The number of carbonyl (C=O) groups is 2. The van der Waals surface area contributed by atoms with E-state index in [1.54, 1.807) is 0 Å². The molecule has 0 aromatic heterocycles. The summed E-state index contributed by atoms with van der Waals surface area (Å²) in [5.74, 6) is -2.80. The maximum absolute atomic E-state index is 12.0. The summed E-state index contributed by atoms with van der Waals surface area (Å²) in [6.45, 7) is 18.9. The summed E-state index contributed by atoms with van der Waals surface area (Å²) in [7, 11) is -0.709. The molecule has 9 nitrogen and oxygen atoms in total. The molecule has 0 bridgehead atoms. The van der Waals surface area contributed by atoms with Crippen molar-refractivity contribution in [2.45, 2.75) is 31.7 Å². The van der Waals surface area contributed by atoms with Gasteiger partial charge in [-0.15, -0.1) is 0 Å². The van der Waals surface area contributed by atoms with Gasteiger partial charge in [-0.2, -0.15) is 0 Å². The van der Waals surface area contributed by atoms with Crippen LogP contribution < -0.4 is 15.9 Å². The average Bonchev–Trinajstić information content (AvgIpc) is 3.04. The summed E-state index contributed by atoms with van der Waals surface area (Å²) in [5.41, 5.74) is 0. The molecule has 243 valence electrons. The molecule has 3 radical (unpaired) electrons. The first-order valence-electron chi connectivity index (χ1n) is 13.6. The number of nitro groups is 1. The molecule has 3 aromatic rings. The minimum absolute atomic E-state index is 0. The molecule has 0 amide bonds. The number of ether oxygens (including phenoxy) is 2. The molecule has 2 unspecified atom stereocenters. The minimum atomic E-state index is -1.70. The normalized spacial score (nSPS) is 11.1. The van der Waals surface area contributed by atoms with Crippen molar-refractivity contribution in [1.29, 1.82) is 0 Å². The Bertz CT molecular complexity index is 1210. The van der Waals surface area contributed by atoms with E-state index in [1.807, 2.05) is 0 Å². The van der Waals surface area contributed by atoms with Gasteiger partial charge in [-0.3, -0.25) is 21.3 Å². The van der Waals surface area contributed by atoms with Crippen molar-refractivity contribution in [3.05, 3.63) is 141 Å². The van der Waals surface area contributed by atoms with Crippen molar-refractivity contribution in [2.24, 2.45) is 5.92 Å². The van der Waals surface area contributed by atoms with Crippen molar-refractivity contribution < 1.29 is 50.4 Å². The van der Waals surface area contributed by atoms with Crippen molar-refractivity contribution in [1.82, 2.24) is 0 Å². The van der Waals surface area contributed by atoms with E-state index in [-0.39, 0.29) is 23.7 Å². The molecule has 0 spiro atoms. The van der Waals surface area contributed by atoms with E-state index in [1.165, 1.54) is 28.8 Å². The number of rotatable bonds is 13. The summed E-state index contributed by atoms with van der Waals surface area (Å²) in [4.78, 5) is 33.7. The molecule has 2 atom stereocenters. The second-order valence-corrected chi connectivity index (χ2v) is 18.1. The number of carbonyl (C=O) groups excluding carboxylic acids is 2. The van der Waals surface area contributed by atoms with Crippen molar-refractivity contribution in [3.63, 3.8) is 0 Å². The molecule has 0 fully saturated rings. The monoisotopic (exact) mass is 703 g/mol. The second kappa shape index (κ2) is 25.7. The molecule has 0 aliphatic rings. The quantitative estimate of drug-likeness (QED) is 0.0462. The number of hydrogen-bond donors (Lipinski definition) is 0. The van der Waals surface area contributed by atoms with Crippen LogP contribution in [0.1, 0.15) is 0 Å². The molecule has 0 saturated carbocycles. The molecule has 3 aromatic carbocycles. The van der Waals surface area contributed by atoms with E-state index in [2.05, 4.69) is 136 Å². The Labute approximate surface area is 285 Å². The smallest absolute Gasteiger partial charge is 0.491 e. The molecule has 0 heterocycles. The third-order valence-corrected chi connectivity index (χ3v) is 10.0. The second-order valence-electron chi connectivity index (χ2n) is 10.2. The fourth-order valence-corrected chi connectivity index (χ4v) is 6.76. The molecule has 3 rings (SSSR count). The first kappa shape index (κ1) is 44.6. The fourth-order valence-electron chi connectivity index (χ4n) is 3.74. The third-order valence-electron chi connectivity index (χ3n) is 5.86. The first-order chi connectivity index (χ1) is 21.6. The van der Waals surface area contributed by atoms with Gasteiger partial charge in [-0.1, -0.05) is 123 Å². The largest absolute Gasteiger partial charge is 2.00 e. The Kier molecular flexibility index (Phi) is 24.9. The van der Waals surface area contributed by atoms with Crippen LogP contribution >= 0.6 is 7.92 Å². The molecular formula is C34H38FeNO8PSi+. The van der Waals surface area contributed by atoms with Crippen LogP contribution in [0.5, 0.6) is 0 Å². The number of hydrogen-bond acceptors (Lipinski definition) is 6. The Morgan fingerprint density at radius 1 is 0.913 bits per heavy atom. The van der Waals surface area contributed by atoms with Crippen LogP contribution in [0.2, 0.25) is 25.7 Å². The maximum Gasteiger partial charge on any atom is 2.00 e. The molecule has 0 aliphatic carbocycles. The number of nitrogens with zero attached hydrogens (tertiary/aromatic N) is 1. The van der Waals surface area contributed by atoms with Gasteiger partial charge in [0.05, 0.1) is 13.7 Å². The predicted octanol–water partition coefficient (Wildman–Crippen LogP) is 5.12. The molecular weight excluding hydrogens is 665 g/mol. The number of methoxy groups -OCH3 is 1. The standard InChI is InChI=1S/C18H15P.C14H23NO6Si.2CO.Fe/c1-4-10-16(11-5-1)19(17-12-6-2-7-13-17)18-14-8-3-9-15-18;1-6-7-11(10-12(16)20-2)13(15(18)19)14(17)21-8-9-22(3,4)5;2*1-2;/h1-15H;6-7,10-11,13H,1,8-9H2,2-5H3;;;/q;-1;;;+2. The van der Waals surface area contributed by atoms with Gasteiger partial charge >= 0.3 is 45.6 Å². The Morgan fingerprint density at radius 3 is 1.61 bits per heavy atom. The molecule has 0 aliphatic heterocycles. The Hall–Kier alpha value is -3.48. The van der Waals surface area contributed by atoms with Crippen LogP contribution in [0.15, 0.2) is 91.0 Å². The number of benzene rings is 3. The number of esters is 2. The minimum Gasteiger partial charge on any atom is -0.491 e. The molecule has 46 heavy (non-hydrogen) atoms. The third kappa shape index (κ3) is 17.3. The zero-order valence-electron chi connectivity index (χ0n) is 26.2. The summed E-state index contributed by atoms with van der Waals surface area (Å²) >= 11 is 0. The van der Waals surface area contributed by atoms with Crippen LogP contribution in [0.25, 0.3) is 0 Å². The van der Waals surface area contributed by atoms with Crippen LogP contribution in [-0.2, 0) is 45.4 Å². The van der Waals surface area contributed by atoms with E-state index < -0.39 is 44.8 Å². The Morgan fingerprint density at radius 2 is 1.30 bits per heavy atom. The van der Waals surface area contributed by atoms with Gasteiger partial charge in [0.15, 0.2) is 5.97 Å². The van der Waals surface area contributed by atoms with Crippen LogP contribution in [0.3, 0.4) is 0 Å². The maximum atomic E-state index is 12.0. The van der Waals surface area contributed by atoms with Gasteiger partial charge < -0.3 is 9.47 Å². The van der Waals surface area contributed by atoms with Crippen molar-refractivity contribution >= 4 is 43.8 Å². The van der Waals surface area contributed by atoms with E-state index in [0.717, 1.165) is 13.5 Å². The van der Waals surface area contributed by atoms with Gasteiger partial charge in [-0.25, -0.2) is 4.79 Å². The van der Waals surface area contributed by atoms with Crippen molar-refractivity contribution in [2.75, 3.05) is 13.7 Å². The zero-order valence-corrected chi connectivity index (χ0v) is 29.2. The van der Waals surface area contributed by atoms with Gasteiger partial charge in [0, 0.05) is 13.0 Å². The summed E-state index contributed by atoms with van der Waals surface area (Å²) in [5, 5.41) is 15.4. The van der Waals surface area contributed by atoms with Gasteiger partial charge in [0.1, 0.15) is 0 Å². The van der Waals surface area contributed by atoms with E-state index in [4.69, 9.17) is 14.0 Å². The van der Waals surface area contributed by atoms with Crippen LogP contribution in [0, 0.1) is 55.5 Å². The van der Waals surface area contributed by atoms with Gasteiger partial charge in [0.2, 0.25) is 0 Å². The fraction of sp³-hybridized carbons (Fsp3) is 0.235. The summed E-state index contributed by atoms with van der Waals surface area (Å²) < 4.78 is 24.5. The van der Waals surface area contributed by atoms with Gasteiger partial charge in [-0.05, 0) is 43.2 Å². The summed E-state index contributed by atoms with van der Waals surface area (Å²) in [6, 6.07) is 31.3. The molecule has 12 heteroatoms. The predicted molar refractivity (Wildman–Crippen MR) is 177 cm³/mol. The average molecular weight is 704 g/mol. The van der Waals surface area contributed by atoms with Crippen LogP contribution in [0.4, 0.5) is 0 Å². The topological polar surface area (TPSA) is 136 Å². The SMILES string of the molecule is [C-]#[O+].[C-]#[O+].[CH2][CH][CH]C([CH-]C(=O)OC)C(C(=O)OCC[Si](C)(C)C)[N+](=O)[O-].[Fe+2].c1ccc(P(c2ccccc2)c2ccccc2)cc1. The van der Waals surface area contributed by atoms with E-state index in [0.29, 0.717) is 6.04 Å². The summed E-state index contributed by atoms with van der Waals surface area (Å²) in [6.07, 6.45) is 3.55.